The summed E-state index contributed by atoms with van der Waals surface area (Å²) in [6.45, 7) is 43.8. The fraction of sp³-hybridized carbons (Fsp3) is 0.492. The first-order valence-corrected chi connectivity index (χ1v) is 23.4. The molecule has 5 aromatic carbocycles. The Morgan fingerprint density at radius 1 is 0.550 bits per heavy atom. The van der Waals surface area contributed by atoms with Gasteiger partial charge in [0.2, 0.25) is 6.71 Å². The van der Waals surface area contributed by atoms with E-state index >= 15 is 0 Å². The predicted molar refractivity (Wildman–Crippen MR) is 264 cm³/mol. The molecule has 1 aliphatic heterocycles. The van der Waals surface area contributed by atoms with Gasteiger partial charge in [-0.25, -0.2) is 0 Å². The Morgan fingerprint density at radius 3 is 1.75 bits per heavy atom. The average molecular weight is 795 g/mol. The molecule has 60 heavy (non-hydrogen) atoms. The van der Waals surface area contributed by atoms with Gasteiger partial charge >= 0.3 is 0 Å². The molecule has 5 aromatic rings. The zero-order chi connectivity index (χ0) is 43.9. The van der Waals surface area contributed by atoms with Gasteiger partial charge in [0.25, 0.3) is 0 Å². The first kappa shape index (κ1) is 42.8. The van der Waals surface area contributed by atoms with Gasteiger partial charge < -0.3 is 0 Å². The second-order valence-electron chi connectivity index (χ2n) is 24.6. The number of hydrogen-bond donors (Lipinski definition) is 0. The summed E-state index contributed by atoms with van der Waals surface area (Å²) in [5.74, 6) is 0.491. The van der Waals surface area contributed by atoms with Gasteiger partial charge in [-0.3, -0.25) is 0 Å². The lowest BCUT2D eigenvalue weighted by Gasteiger charge is -2.44. The van der Waals surface area contributed by atoms with Crippen molar-refractivity contribution in [2.24, 2.45) is 0 Å². The Labute approximate surface area is 366 Å². The maximum atomic E-state index is 2.73. The maximum absolute atomic E-state index is 2.73. The Hall–Kier alpha value is -3.84. The fourth-order valence-corrected chi connectivity index (χ4v) is 12.3. The summed E-state index contributed by atoms with van der Waals surface area (Å²) in [5, 5.41) is 0. The topological polar surface area (TPSA) is 0 Å². The van der Waals surface area contributed by atoms with E-state index in [1.54, 1.807) is 11.1 Å². The van der Waals surface area contributed by atoms with E-state index in [9.17, 15) is 0 Å². The molecule has 0 bridgehead atoms. The van der Waals surface area contributed by atoms with Crippen molar-refractivity contribution in [2.75, 3.05) is 0 Å². The third-order valence-corrected chi connectivity index (χ3v) is 15.9. The molecule has 0 aromatic heterocycles. The minimum absolute atomic E-state index is 0.0366. The molecule has 2 unspecified atom stereocenters. The molecule has 2 aliphatic carbocycles. The molecule has 1 heterocycles. The fourth-order valence-electron chi connectivity index (χ4n) is 12.3. The van der Waals surface area contributed by atoms with Gasteiger partial charge in [-0.15, -0.1) is 0 Å². The second kappa shape index (κ2) is 13.8. The Kier molecular flexibility index (Phi) is 9.88. The van der Waals surface area contributed by atoms with Crippen LogP contribution in [0.2, 0.25) is 0 Å². The Morgan fingerprint density at radius 2 is 1.12 bits per heavy atom. The zero-order valence-electron chi connectivity index (χ0n) is 40.9. The molecule has 0 spiro atoms. The van der Waals surface area contributed by atoms with Crippen molar-refractivity contribution < 1.29 is 0 Å². The molecule has 2 atom stereocenters. The van der Waals surface area contributed by atoms with Crippen LogP contribution >= 0.6 is 0 Å². The van der Waals surface area contributed by atoms with Crippen LogP contribution in [0.4, 0.5) is 0 Å². The van der Waals surface area contributed by atoms with Crippen LogP contribution in [-0.4, -0.2) is 6.71 Å². The third-order valence-electron chi connectivity index (χ3n) is 15.9. The van der Waals surface area contributed by atoms with Crippen LogP contribution in [0, 0.1) is 13.8 Å². The van der Waals surface area contributed by atoms with E-state index in [1.807, 2.05) is 0 Å². The molecule has 0 N–H and O–H groups in total. The van der Waals surface area contributed by atoms with E-state index in [-0.39, 0.29) is 45.1 Å². The number of aryl methyl sites for hydroxylation is 2. The maximum Gasteiger partial charge on any atom is 0.242 e. The van der Waals surface area contributed by atoms with Crippen molar-refractivity contribution in [2.45, 2.75) is 188 Å². The molecule has 8 rings (SSSR count). The summed E-state index contributed by atoms with van der Waals surface area (Å²) >= 11 is 0. The summed E-state index contributed by atoms with van der Waals surface area (Å²) in [5.41, 5.74) is 25.5. The lowest BCUT2D eigenvalue weighted by atomic mass is 9.31. The number of hydrogen-bond acceptors (Lipinski definition) is 0. The lowest BCUT2D eigenvalue weighted by molar-refractivity contribution is 0.332. The van der Waals surface area contributed by atoms with Crippen LogP contribution in [0.15, 0.2) is 78.9 Å². The van der Waals surface area contributed by atoms with E-state index in [1.165, 1.54) is 102 Å². The third kappa shape index (κ3) is 6.97. The highest BCUT2D eigenvalue weighted by Crippen LogP contribution is 2.51. The molecule has 0 amide bonds. The Balaban J connectivity index is 1.44. The van der Waals surface area contributed by atoms with E-state index < -0.39 is 0 Å². The standard InChI is InChI=1S/C59H75B/c1-35-27-36(2)53-45(28-35)38(4)43-30-41(55(8,9)10)21-24-51(43)60(53)52-33-50-49(56(11,12)25-26-57(50,13)14)32-44(52)37(3)42-22-20-40(54(5,6)7)31-46(42)39-19-23-47-48(29-39)59(17,18)34-58(47,15)16/h19-24,27-33,37-38H,25-26,34H2,1-18H3. The minimum Gasteiger partial charge on any atom is -0.0664 e. The van der Waals surface area contributed by atoms with Crippen molar-refractivity contribution in [1.82, 2.24) is 0 Å². The molecule has 314 valence electrons. The number of fused-ring (bicyclic) bond motifs is 4. The van der Waals surface area contributed by atoms with Crippen LogP contribution in [-0.2, 0) is 32.5 Å². The number of benzene rings is 5. The quantitative estimate of drug-likeness (QED) is 0.159. The van der Waals surface area contributed by atoms with Gasteiger partial charge in [0, 0.05) is 11.8 Å². The van der Waals surface area contributed by atoms with E-state index in [0.29, 0.717) is 5.92 Å². The molecule has 0 radical (unpaired) electrons. The van der Waals surface area contributed by atoms with Crippen molar-refractivity contribution in [3.63, 3.8) is 0 Å². The summed E-state index contributed by atoms with van der Waals surface area (Å²) < 4.78 is 0. The molecule has 1 heteroatoms. The minimum atomic E-state index is 0.0366. The second-order valence-corrected chi connectivity index (χ2v) is 24.6. The highest BCUT2D eigenvalue weighted by atomic mass is 14.5. The van der Waals surface area contributed by atoms with E-state index in [4.69, 9.17) is 0 Å². The number of rotatable bonds is 4. The van der Waals surface area contributed by atoms with Crippen LogP contribution in [0.5, 0.6) is 0 Å². The zero-order valence-corrected chi connectivity index (χ0v) is 40.9. The summed E-state index contributed by atoms with van der Waals surface area (Å²) in [4.78, 5) is 0. The van der Waals surface area contributed by atoms with Gasteiger partial charge in [0.15, 0.2) is 0 Å². The van der Waals surface area contributed by atoms with Crippen LogP contribution < -0.4 is 16.4 Å². The van der Waals surface area contributed by atoms with Crippen molar-refractivity contribution >= 4 is 23.1 Å². The van der Waals surface area contributed by atoms with Crippen LogP contribution in [0.25, 0.3) is 11.1 Å². The van der Waals surface area contributed by atoms with E-state index in [0.717, 1.165) is 0 Å². The largest absolute Gasteiger partial charge is 0.242 e. The highest BCUT2D eigenvalue weighted by molar-refractivity contribution is 6.97. The Bertz CT molecular complexity index is 2540. The summed E-state index contributed by atoms with van der Waals surface area (Å²) in [6, 6.07) is 33.0. The molecule has 0 saturated heterocycles. The predicted octanol–water partition coefficient (Wildman–Crippen LogP) is 14.0. The van der Waals surface area contributed by atoms with Crippen molar-refractivity contribution in [3.05, 3.63) is 146 Å². The van der Waals surface area contributed by atoms with E-state index in [2.05, 4.69) is 203 Å². The highest BCUT2D eigenvalue weighted by Gasteiger charge is 2.44. The molecule has 0 nitrogen and oxygen atoms in total. The van der Waals surface area contributed by atoms with Gasteiger partial charge in [-0.05, 0) is 132 Å². The molecular weight excluding hydrogens is 719 g/mol. The average Bonchev–Trinajstić information content (AvgIpc) is 3.34. The molecule has 0 fully saturated rings. The first-order chi connectivity index (χ1) is 27.6. The van der Waals surface area contributed by atoms with Gasteiger partial charge in [0.1, 0.15) is 0 Å². The lowest BCUT2D eigenvalue weighted by Crippen LogP contribution is -2.60. The van der Waals surface area contributed by atoms with Crippen molar-refractivity contribution in [3.8, 4) is 11.1 Å². The van der Waals surface area contributed by atoms with Gasteiger partial charge in [-0.1, -0.05) is 217 Å². The normalized spacial score (nSPS) is 20.2. The first-order valence-electron chi connectivity index (χ1n) is 23.4. The van der Waals surface area contributed by atoms with Crippen LogP contribution in [0.3, 0.4) is 0 Å². The van der Waals surface area contributed by atoms with Crippen LogP contribution in [0.1, 0.15) is 209 Å². The molecular formula is C59H75B. The monoisotopic (exact) mass is 795 g/mol. The smallest absolute Gasteiger partial charge is 0.0664 e. The van der Waals surface area contributed by atoms with Gasteiger partial charge in [-0.2, -0.15) is 0 Å². The summed E-state index contributed by atoms with van der Waals surface area (Å²) in [6.07, 6.45) is 3.58. The summed E-state index contributed by atoms with van der Waals surface area (Å²) in [7, 11) is 0. The van der Waals surface area contributed by atoms with Crippen molar-refractivity contribution in [1.29, 1.82) is 0 Å². The molecule has 0 saturated carbocycles. The molecule has 3 aliphatic rings. The SMILES string of the molecule is Cc1cc(C)c2c(c1)C(C)c1cc(C(C)(C)C)ccc1B2c1cc2c(cc1C(C)c1ccc(C(C)(C)C)cc1-c1ccc3c(c1)C(C)(C)CC3(C)C)C(C)(C)CCC2(C)C. The van der Waals surface area contributed by atoms with Gasteiger partial charge in [0.05, 0.1) is 0 Å².